The van der Waals surface area contributed by atoms with Crippen LogP contribution in [0.2, 0.25) is 0 Å². The van der Waals surface area contributed by atoms with Crippen molar-refractivity contribution in [1.29, 1.82) is 0 Å². The fraction of sp³-hybridized carbons (Fsp3) is 0.900. The highest BCUT2D eigenvalue weighted by molar-refractivity contribution is 5.81. The smallest absolute Gasteiger partial charge is 0.239 e. The van der Waals surface area contributed by atoms with Gasteiger partial charge in [0, 0.05) is 13.6 Å². The van der Waals surface area contributed by atoms with Gasteiger partial charge < -0.3 is 10.6 Å². The Hall–Kier alpha value is -0.570. The highest BCUT2D eigenvalue weighted by Crippen LogP contribution is 1.99. The Bertz CT molecular complexity index is 148. The zero-order valence-corrected chi connectivity index (χ0v) is 9.05. The summed E-state index contributed by atoms with van der Waals surface area (Å²) < 4.78 is 0. The van der Waals surface area contributed by atoms with Crippen LogP contribution >= 0.6 is 0 Å². The van der Waals surface area contributed by atoms with Gasteiger partial charge in [-0.1, -0.05) is 26.7 Å². The predicted molar refractivity (Wildman–Crippen MR) is 55.4 cm³/mol. The maximum atomic E-state index is 11.5. The van der Waals surface area contributed by atoms with Crippen LogP contribution in [0, 0.1) is 0 Å². The summed E-state index contributed by atoms with van der Waals surface area (Å²) in [4.78, 5) is 13.2. The number of nitrogens with zero attached hydrogens (tertiary/aromatic N) is 1. The molecule has 0 heterocycles. The second kappa shape index (κ2) is 6.89. The molecule has 0 aliphatic heterocycles. The minimum absolute atomic E-state index is 0.0682. The van der Waals surface area contributed by atoms with Gasteiger partial charge in [0.1, 0.15) is 0 Å². The van der Waals surface area contributed by atoms with E-state index in [-0.39, 0.29) is 11.9 Å². The number of carbonyl (C=O) groups is 1. The van der Waals surface area contributed by atoms with Gasteiger partial charge >= 0.3 is 0 Å². The summed E-state index contributed by atoms with van der Waals surface area (Å²) in [6.07, 6.45) is 4.16. The van der Waals surface area contributed by atoms with E-state index in [0.717, 1.165) is 19.4 Å². The molecule has 13 heavy (non-hydrogen) atoms. The van der Waals surface area contributed by atoms with Crippen LogP contribution < -0.4 is 5.73 Å². The molecular formula is C10H22N2O. The van der Waals surface area contributed by atoms with Crippen molar-refractivity contribution in [1.82, 2.24) is 4.90 Å². The fourth-order valence-corrected chi connectivity index (χ4v) is 1.17. The van der Waals surface area contributed by atoms with Crippen LogP contribution in [-0.2, 0) is 4.79 Å². The number of hydrogen-bond donors (Lipinski definition) is 1. The molecular weight excluding hydrogens is 164 g/mol. The highest BCUT2D eigenvalue weighted by Gasteiger charge is 2.14. The van der Waals surface area contributed by atoms with Crippen molar-refractivity contribution in [2.45, 2.75) is 45.6 Å². The van der Waals surface area contributed by atoms with E-state index in [1.165, 1.54) is 12.8 Å². The zero-order valence-electron chi connectivity index (χ0n) is 9.05. The van der Waals surface area contributed by atoms with Crippen LogP contribution in [0.15, 0.2) is 0 Å². The Balaban J connectivity index is 3.69. The third-order valence-corrected chi connectivity index (χ3v) is 2.23. The maximum Gasteiger partial charge on any atom is 0.239 e. The SMILES string of the molecule is CCCCCN(C)C(=O)C(N)CC. The molecule has 0 aromatic rings. The Morgan fingerprint density at radius 2 is 2.00 bits per heavy atom. The van der Waals surface area contributed by atoms with Crippen LogP contribution in [0.3, 0.4) is 0 Å². The second-order valence-corrected chi connectivity index (χ2v) is 3.48. The summed E-state index contributed by atoms with van der Waals surface area (Å²) in [5.74, 6) is 0.0682. The number of hydrogen-bond acceptors (Lipinski definition) is 2. The summed E-state index contributed by atoms with van der Waals surface area (Å²) in [5, 5.41) is 0. The zero-order chi connectivity index (χ0) is 10.3. The third kappa shape index (κ3) is 4.88. The van der Waals surface area contributed by atoms with Gasteiger partial charge in [0.15, 0.2) is 0 Å². The standard InChI is InChI=1S/C10H22N2O/c1-4-6-7-8-12(3)10(13)9(11)5-2/h9H,4-8,11H2,1-3H3. The lowest BCUT2D eigenvalue weighted by molar-refractivity contribution is -0.131. The van der Waals surface area contributed by atoms with Crippen molar-refractivity contribution < 1.29 is 4.79 Å². The van der Waals surface area contributed by atoms with Gasteiger partial charge in [-0.15, -0.1) is 0 Å². The number of likely N-dealkylation sites (N-methyl/N-ethyl adjacent to an activating group) is 1. The van der Waals surface area contributed by atoms with Crippen LogP contribution in [0.5, 0.6) is 0 Å². The van der Waals surface area contributed by atoms with Gasteiger partial charge in [-0.2, -0.15) is 0 Å². The van der Waals surface area contributed by atoms with Crippen LogP contribution in [0.25, 0.3) is 0 Å². The summed E-state index contributed by atoms with van der Waals surface area (Å²) in [7, 11) is 1.83. The predicted octanol–water partition coefficient (Wildman–Crippen LogP) is 1.37. The van der Waals surface area contributed by atoms with Crippen LogP contribution in [0.4, 0.5) is 0 Å². The first-order valence-corrected chi connectivity index (χ1v) is 5.14. The van der Waals surface area contributed by atoms with E-state index in [9.17, 15) is 4.79 Å². The molecule has 2 N–H and O–H groups in total. The quantitative estimate of drug-likeness (QED) is 0.637. The van der Waals surface area contributed by atoms with E-state index in [0.29, 0.717) is 0 Å². The number of carbonyl (C=O) groups excluding carboxylic acids is 1. The highest BCUT2D eigenvalue weighted by atomic mass is 16.2. The van der Waals surface area contributed by atoms with E-state index >= 15 is 0 Å². The molecule has 1 atom stereocenters. The minimum atomic E-state index is -0.313. The summed E-state index contributed by atoms with van der Waals surface area (Å²) in [5.41, 5.74) is 5.63. The Morgan fingerprint density at radius 1 is 1.38 bits per heavy atom. The average molecular weight is 186 g/mol. The van der Waals surface area contributed by atoms with Crippen LogP contribution in [0.1, 0.15) is 39.5 Å². The van der Waals surface area contributed by atoms with Gasteiger partial charge in [0.25, 0.3) is 0 Å². The summed E-state index contributed by atoms with van der Waals surface area (Å²) in [6.45, 7) is 4.92. The maximum absolute atomic E-state index is 11.5. The molecule has 3 heteroatoms. The normalized spacial score (nSPS) is 12.6. The topological polar surface area (TPSA) is 46.3 Å². The first-order chi connectivity index (χ1) is 6.13. The minimum Gasteiger partial charge on any atom is -0.344 e. The molecule has 0 rings (SSSR count). The molecule has 78 valence electrons. The number of nitrogens with two attached hydrogens (primary N) is 1. The molecule has 0 bridgehead atoms. The molecule has 0 radical (unpaired) electrons. The van der Waals surface area contributed by atoms with E-state index in [1.807, 2.05) is 14.0 Å². The van der Waals surface area contributed by atoms with E-state index < -0.39 is 0 Å². The summed E-state index contributed by atoms with van der Waals surface area (Å²) >= 11 is 0. The van der Waals surface area contributed by atoms with Gasteiger partial charge in [0.05, 0.1) is 6.04 Å². The van der Waals surface area contributed by atoms with E-state index in [1.54, 1.807) is 4.90 Å². The van der Waals surface area contributed by atoms with E-state index in [4.69, 9.17) is 5.73 Å². The van der Waals surface area contributed by atoms with Gasteiger partial charge in [-0.25, -0.2) is 0 Å². The Labute approximate surface area is 81.3 Å². The fourth-order valence-electron chi connectivity index (χ4n) is 1.17. The molecule has 1 unspecified atom stereocenters. The monoisotopic (exact) mass is 186 g/mol. The van der Waals surface area contributed by atoms with Crippen LogP contribution in [-0.4, -0.2) is 30.4 Å². The van der Waals surface area contributed by atoms with Crippen molar-refractivity contribution in [3.63, 3.8) is 0 Å². The number of amides is 1. The largest absolute Gasteiger partial charge is 0.344 e. The molecule has 0 fully saturated rings. The van der Waals surface area contributed by atoms with Crippen molar-refractivity contribution in [3.05, 3.63) is 0 Å². The number of rotatable bonds is 6. The van der Waals surface area contributed by atoms with Gasteiger partial charge in [-0.05, 0) is 12.8 Å². The molecule has 1 amide bonds. The van der Waals surface area contributed by atoms with Gasteiger partial charge in [-0.3, -0.25) is 4.79 Å². The van der Waals surface area contributed by atoms with E-state index in [2.05, 4.69) is 6.92 Å². The number of unbranched alkanes of at least 4 members (excludes halogenated alkanes) is 2. The third-order valence-electron chi connectivity index (χ3n) is 2.23. The molecule has 0 aromatic carbocycles. The first kappa shape index (κ1) is 12.4. The Morgan fingerprint density at radius 3 is 2.46 bits per heavy atom. The van der Waals surface area contributed by atoms with Gasteiger partial charge in [0.2, 0.25) is 5.91 Å². The molecule has 0 aliphatic rings. The van der Waals surface area contributed by atoms with Crippen molar-refractivity contribution >= 4 is 5.91 Å². The lowest BCUT2D eigenvalue weighted by atomic mass is 10.2. The van der Waals surface area contributed by atoms with Crippen molar-refractivity contribution in [3.8, 4) is 0 Å². The van der Waals surface area contributed by atoms with Crippen molar-refractivity contribution in [2.75, 3.05) is 13.6 Å². The lowest BCUT2D eigenvalue weighted by Crippen LogP contribution is -2.41. The summed E-state index contributed by atoms with van der Waals surface area (Å²) in [6, 6.07) is -0.313. The molecule has 0 saturated heterocycles. The molecule has 0 aliphatic carbocycles. The Kier molecular flexibility index (Phi) is 6.59. The molecule has 3 nitrogen and oxygen atoms in total. The van der Waals surface area contributed by atoms with Crippen molar-refractivity contribution in [2.24, 2.45) is 5.73 Å². The second-order valence-electron chi connectivity index (χ2n) is 3.48. The molecule has 0 spiro atoms. The molecule has 0 aromatic heterocycles. The average Bonchev–Trinajstić information content (AvgIpc) is 2.15. The first-order valence-electron chi connectivity index (χ1n) is 5.14. The lowest BCUT2D eigenvalue weighted by Gasteiger charge is -2.20. The molecule has 0 saturated carbocycles.